The Kier molecular flexibility index (Phi) is 3.93. The molecule has 0 radical (unpaired) electrons. The third-order valence-electron chi connectivity index (χ3n) is 2.86. The summed E-state index contributed by atoms with van der Waals surface area (Å²) in [7, 11) is 0. The number of benzene rings is 1. The van der Waals surface area contributed by atoms with Gasteiger partial charge in [-0.3, -0.25) is 0 Å². The van der Waals surface area contributed by atoms with Crippen molar-refractivity contribution >= 4 is 11.0 Å². The van der Waals surface area contributed by atoms with Gasteiger partial charge in [0.1, 0.15) is 5.52 Å². The number of rotatable bonds is 6. The second-order valence-corrected chi connectivity index (χ2v) is 3.92. The lowest BCUT2D eigenvalue weighted by Gasteiger charge is -2.32. The fourth-order valence-electron chi connectivity index (χ4n) is 2.09. The molecule has 2 rings (SSSR count). The minimum atomic E-state index is -0.862. The lowest BCUT2D eigenvalue weighted by molar-refractivity contribution is -0.296. The van der Waals surface area contributed by atoms with E-state index in [-0.39, 0.29) is 0 Å². The number of hydrogen-bond donors (Lipinski definition) is 0. The first-order valence-electron chi connectivity index (χ1n) is 6.36. The molecule has 0 fully saturated rings. The van der Waals surface area contributed by atoms with Crippen LogP contribution >= 0.6 is 0 Å². The second-order valence-electron chi connectivity index (χ2n) is 3.92. The Bertz CT molecular complexity index is 504. The molecule has 0 amide bonds. The molecule has 2 aromatic rings. The van der Waals surface area contributed by atoms with Crippen LogP contribution in [0.1, 0.15) is 27.2 Å². The fraction of sp³-hybridized carbons (Fsp3) is 0.538. The number of ether oxygens (including phenoxy) is 2. The first-order chi connectivity index (χ1) is 8.77. The van der Waals surface area contributed by atoms with Gasteiger partial charge in [0, 0.05) is 19.6 Å². The first-order valence-corrected chi connectivity index (χ1v) is 6.36. The molecule has 98 valence electrons. The smallest absolute Gasteiger partial charge is 0.272 e. The van der Waals surface area contributed by atoms with E-state index in [4.69, 9.17) is 9.47 Å². The van der Waals surface area contributed by atoms with Crippen molar-refractivity contribution in [2.45, 2.75) is 33.1 Å². The Balaban J connectivity index is 2.53. The van der Waals surface area contributed by atoms with Crippen LogP contribution in [0.15, 0.2) is 24.3 Å². The van der Waals surface area contributed by atoms with Gasteiger partial charge in [0.05, 0.1) is 5.52 Å². The van der Waals surface area contributed by atoms with Crippen molar-refractivity contribution in [1.29, 1.82) is 0 Å². The molecule has 0 unspecified atom stereocenters. The van der Waals surface area contributed by atoms with Gasteiger partial charge >= 0.3 is 0 Å². The van der Waals surface area contributed by atoms with Gasteiger partial charge in [0.25, 0.3) is 5.91 Å². The van der Waals surface area contributed by atoms with Gasteiger partial charge in [-0.1, -0.05) is 24.3 Å². The minimum absolute atomic E-state index is 0.558. The monoisotopic (exact) mass is 249 g/mol. The summed E-state index contributed by atoms with van der Waals surface area (Å²) in [4.78, 5) is 0. The molecule has 1 aromatic carbocycles. The van der Waals surface area contributed by atoms with Crippen LogP contribution in [0.25, 0.3) is 11.0 Å². The third-order valence-corrected chi connectivity index (χ3v) is 2.86. The molecule has 5 heteroatoms. The maximum Gasteiger partial charge on any atom is 0.272 e. The molecular weight excluding hydrogens is 230 g/mol. The molecule has 1 aromatic heterocycles. The largest absolute Gasteiger partial charge is 0.332 e. The molecule has 0 aliphatic heterocycles. The van der Waals surface area contributed by atoms with Crippen LogP contribution in [0, 0.1) is 0 Å². The summed E-state index contributed by atoms with van der Waals surface area (Å²) in [6, 6.07) is 7.80. The Morgan fingerprint density at radius 2 is 1.78 bits per heavy atom. The summed E-state index contributed by atoms with van der Waals surface area (Å²) in [5.41, 5.74) is 1.76. The van der Waals surface area contributed by atoms with Crippen LogP contribution in [0.4, 0.5) is 0 Å². The highest BCUT2D eigenvalue weighted by Gasteiger charge is 2.34. The van der Waals surface area contributed by atoms with Gasteiger partial charge < -0.3 is 9.47 Å². The van der Waals surface area contributed by atoms with Crippen molar-refractivity contribution in [3.63, 3.8) is 0 Å². The van der Waals surface area contributed by atoms with E-state index in [2.05, 4.69) is 10.3 Å². The van der Waals surface area contributed by atoms with Gasteiger partial charge in [0.15, 0.2) is 0 Å². The van der Waals surface area contributed by atoms with Crippen molar-refractivity contribution in [3.05, 3.63) is 24.3 Å². The van der Waals surface area contributed by atoms with Crippen LogP contribution in [-0.4, -0.2) is 28.2 Å². The highest BCUT2D eigenvalue weighted by molar-refractivity contribution is 5.74. The molecule has 0 N–H and O–H groups in total. The van der Waals surface area contributed by atoms with E-state index < -0.39 is 5.91 Å². The zero-order valence-electron chi connectivity index (χ0n) is 11.1. The van der Waals surface area contributed by atoms with Gasteiger partial charge in [-0.05, 0) is 26.0 Å². The molecule has 0 bridgehead atoms. The minimum Gasteiger partial charge on any atom is -0.332 e. The summed E-state index contributed by atoms with van der Waals surface area (Å²) < 4.78 is 13.4. The molecule has 1 heterocycles. The summed E-state index contributed by atoms with van der Waals surface area (Å²) in [6.45, 7) is 7.02. The molecule has 0 spiro atoms. The Morgan fingerprint density at radius 1 is 1.11 bits per heavy atom. The van der Waals surface area contributed by atoms with Gasteiger partial charge in [-0.25, -0.2) is 0 Å². The molecule has 18 heavy (non-hydrogen) atoms. The Labute approximate surface area is 107 Å². The van der Waals surface area contributed by atoms with Gasteiger partial charge in [-0.15, -0.1) is 5.10 Å². The number of fused-ring (bicyclic) bond motifs is 1. The van der Waals surface area contributed by atoms with Crippen molar-refractivity contribution < 1.29 is 9.47 Å². The van der Waals surface area contributed by atoms with E-state index in [9.17, 15) is 0 Å². The second kappa shape index (κ2) is 5.46. The van der Waals surface area contributed by atoms with Crippen LogP contribution < -0.4 is 0 Å². The van der Waals surface area contributed by atoms with Crippen molar-refractivity contribution in [2.75, 3.05) is 13.2 Å². The topological polar surface area (TPSA) is 49.2 Å². The van der Waals surface area contributed by atoms with E-state index >= 15 is 0 Å². The SMILES string of the molecule is CCOC(CC)(OCC)n1nnc2ccccc21. The molecule has 0 aliphatic carbocycles. The van der Waals surface area contributed by atoms with Crippen molar-refractivity contribution in [2.24, 2.45) is 0 Å². The normalized spacial score (nSPS) is 12.2. The molecular formula is C13H19N3O2. The third kappa shape index (κ3) is 2.11. The molecule has 0 saturated heterocycles. The summed E-state index contributed by atoms with van der Waals surface area (Å²) in [6.07, 6.45) is 0.669. The number of nitrogens with zero attached hydrogens (tertiary/aromatic N) is 3. The molecule has 0 aliphatic rings. The van der Waals surface area contributed by atoms with Crippen molar-refractivity contribution in [3.8, 4) is 0 Å². The Hall–Kier alpha value is -1.46. The number of para-hydroxylation sites is 1. The predicted octanol–water partition coefficient (Wildman–Crippen LogP) is 2.52. The molecule has 0 atom stereocenters. The lowest BCUT2D eigenvalue weighted by Crippen LogP contribution is -2.40. The van der Waals surface area contributed by atoms with Gasteiger partial charge in [0.2, 0.25) is 0 Å². The van der Waals surface area contributed by atoms with E-state index in [0.717, 1.165) is 11.0 Å². The van der Waals surface area contributed by atoms with E-state index in [1.807, 2.05) is 45.0 Å². The lowest BCUT2D eigenvalue weighted by atomic mass is 10.3. The standard InChI is InChI=1S/C13H19N3O2/c1-4-13(17-5-2,18-6-3)16-12-10-8-7-9-11(12)14-15-16/h7-10H,4-6H2,1-3H3. The van der Waals surface area contributed by atoms with Gasteiger partial charge in [-0.2, -0.15) is 4.68 Å². The van der Waals surface area contributed by atoms with Crippen LogP contribution in [-0.2, 0) is 15.4 Å². The maximum atomic E-state index is 5.81. The van der Waals surface area contributed by atoms with Crippen LogP contribution in [0.3, 0.4) is 0 Å². The fourth-order valence-corrected chi connectivity index (χ4v) is 2.09. The molecule has 0 saturated carbocycles. The van der Waals surface area contributed by atoms with E-state index in [0.29, 0.717) is 19.6 Å². The zero-order chi connectivity index (χ0) is 13.0. The summed E-state index contributed by atoms with van der Waals surface area (Å²) in [5.74, 6) is -0.862. The number of hydrogen-bond acceptors (Lipinski definition) is 4. The Morgan fingerprint density at radius 3 is 2.39 bits per heavy atom. The average Bonchev–Trinajstić information content (AvgIpc) is 2.83. The zero-order valence-corrected chi connectivity index (χ0v) is 11.1. The first kappa shape index (κ1) is 13.0. The van der Waals surface area contributed by atoms with E-state index in [1.165, 1.54) is 0 Å². The summed E-state index contributed by atoms with van der Waals surface area (Å²) in [5, 5.41) is 8.34. The average molecular weight is 249 g/mol. The highest BCUT2D eigenvalue weighted by atomic mass is 16.7. The molecule has 5 nitrogen and oxygen atoms in total. The van der Waals surface area contributed by atoms with Crippen LogP contribution in [0.5, 0.6) is 0 Å². The van der Waals surface area contributed by atoms with E-state index in [1.54, 1.807) is 4.68 Å². The van der Waals surface area contributed by atoms with Crippen molar-refractivity contribution in [1.82, 2.24) is 15.0 Å². The highest BCUT2D eigenvalue weighted by Crippen LogP contribution is 2.27. The number of aromatic nitrogens is 3. The van der Waals surface area contributed by atoms with Crippen LogP contribution in [0.2, 0.25) is 0 Å². The summed E-state index contributed by atoms with van der Waals surface area (Å²) >= 11 is 0. The maximum absolute atomic E-state index is 5.81. The quantitative estimate of drug-likeness (QED) is 0.738. The predicted molar refractivity (Wildman–Crippen MR) is 69.0 cm³/mol.